The fourth-order valence-corrected chi connectivity index (χ4v) is 3.17. The molecule has 1 unspecified atom stereocenters. The Morgan fingerprint density at radius 1 is 1.19 bits per heavy atom. The average Bonchev–Trinajstić information content (AvgIpc) is 2.54. The van der Waals surface area contributed by atoms with Crippen LogP contribution in [0.15, 0.2) is 41.3 Å². The fourth-order valence-electron chi connectivity index (χ4n) is 3.17. The van der Waals surface area contributed by atoms with E-state index in [1.165, 1.54) is 30.4 Å². The Hall–Kier alpha value is -1.87. The number of rotatable bonds is 3. The first-order valence-electron chi connectivity index (χ1n) is 7.77. The van der Waals surface area contributed by atoms with Crippen molar-refractivity contribution in [3.05, 3.63) is 69.1 Å². The van der Waals surface area contributed by atoms with Gasteiger partial charge in [-0.3, -0.25) is 4.79 Å². The Morgan fingerprint density at radius 2 is 1.95 bits per heavy atom. The highest BCUT2D eigenvalue weighted by molar-refractivity contribution is 5.38. The topological polar surface area (TPSA) is 48.0 Å². The van der Waals surface area contributed by atoms with Crippen LogP contribution in [0.3, 0.4) is 0 Å². The van der Waals surface area contributed by atoms with E-state index in [1.807, 2.05) is 25.3 Å². The summed E-state index contributed by atoms with van der Waals surface area (Å²) in [5, 5.41) is 0. The maximum Gasteiger partial charge on any atom is 0.255 e. The van der Waals surface area contributed by atoms with Gasteiger partial charge in [0.15, 0.2) is 0 Å². The number of nitrogens with two attached hydrogens (primary N) is 1. The van der Waals surface area contributed by atoms with Crippen LogP contribution in [0.4, 0.5) is 0 Å². The summed E-state index contributed by atoms with van der Waals surface area (Å²) in [6.45, 7) is 2.64. The predicted octanol–water partition coefficient (Wildman–Crippen LogP) is 2.80. The highest BCUT2D eigenvalue weighted by Crippen LogP contribution is 2.25. The lowest BCUT2D eigenvalue weighted by Gasteiger charge is -2.19. The Bertz CT molecular complexity index is 703. The summed E-state index contributed by atoms with van der Waals surface area (Å²) in [4.78, 5) is 12.4. The van der Waals surface area contributed by atoms with Gasteiger partial charge in [0, 0.05) is 18.3 Å². The van der Waals surface area contributed by atoms with E-state index in [9.17, 15) is 4.79 Å². The molecule has 21 heavy (non-hydrogen) atoms. The zero-order chi connectivity index (χ0) is 14.8. The molecular weight excluding hydrogens is 260 g/mol. The summed E-state index contributed by atoms with van der Waals surface area (Å²) in [7, 11) is 0. The van der Waals surface area contributed by atoms with E-state index in [2.05, 4.69) is 18.2 Å². The van der Waals surface area contributed by atoms with E-state index in [4.69, 9.17) is 5.73 Å². The lowest BCUT2D eigenvalue weighted by molar-refractivity contribution is 0.680. The molecule has 0 amide bonds. The zero-order valence-electron chi connectivity index (χ0n) is 12.5. The van der Waals surface area contributed by atoms with E-state index in [0.29, 0.717) is 12.1 Å². The number of pyridine rings is 1. The normalized spacial score (nSPS) is 15.5. The minimum absolute atomic E-state index is 0.0187. The Balaban J connectivity index is 1.99. The second-order valence-corrected chi connectivity index (χ2v) is 5.77. The van der Waals surface area contributed by atoms with Gasteiger partial charge in [0.05, 0.1) is 6.04 Å². The average molecular weight is 282 g/mol. The first-order chi connectivity index (χ1) is 10.2. The minimum Gasteiger partial charge on any atom is -0.320 e. The Labute approximate surface area is 125 Å². The second-order valence-electron chi connectivity index (χ2n) is 5.77. The molecule has 1 heterocycles. The van der Waals surface area contributed by atoms with Gasteiger partial charge in [-0.25, -0.2) is 0 Å². The molecule has 0 spiro atoms. The molecule has 0 saturated carbocycles. The second kappa shape index (κ2) is 5.86. The summed E-state index contributed by atoms with van der Waals surface area (Å²) < 4.78 is 1.70. The molecule has 3 rings (SSSR count). The number of hydrogen-bond acceptors (Lipinski definition) is 2. The number of nitrogens with zero attached hydrogens (tertiary/aromatic N) is 1. The fraction of sp³-hybridized carbons (Fsp3) is 0.389. The third-order valence-corrected chi connectivity index (χ3v) is 4.46. The van der Waals surface area contributed by atoms with Crippen LogP contribution in [0.2, 0.25) is 0 Å². The van der Waals surface area contributed by atoms with Crippen molar-refractivity contribution in [3.63, 3.8) is 0 Å². The zero-order valence-corrected chi connectivity index (χ0v) is 12.5. The molecule has 2 aromatic rings. The van der Waals surface area contributed by atoms with Crippen LogP contribution in [-0.2, 0) is 19.4 Å². The van der Waals surface area contributed by atoms with E-state index in [-0.39, 0.29) is 11.6 Å². The number of aromatic nitrogens is 1. The molecule has 1 aromatic heterocycles. The van der Waals surface area contributed by atoms with Gasteiger partial charge >= 0.3 is 0 Å². The smallest absolute Gasteiger partial charge is 0.255 e. The van der Waals surface area contributed by atoms with Crippen molar-refractivity contribution in [1.82, 2.24) is 4.57 Å². The number of fused-ring (bicyclic) bond motifs is 1. The van der Waals surface area contributed by atoms with Crippen molar-refractivity contribution in [2.45, 2.75) is 45.2 Å². The van der Waals surface area contributed by atoms with E-state index < -0.39 is 0 Å². The molecule has 3 nitrogen and oxygen atoms in total. The SMILES string of the molecule is CCn1cccc(C(N)c2ccc3c(c2)CCCC3)c1=O. The van der Waals surface area contributed by atoms with Gasteiger partial charge in [-0.2, -0.15) is 0 Å². The molecule has 1 aliphatic carbocycles. The molecule has 0 radical (unpaired) electrons. The molecule has 110 valence electrons. The molecule has 1 aromatic carbocycles. The maximum atomic E-state index is 12.4. The van der Waals surface area contributed by atoms with Gasteiger partial charge in [-0.05, 0) is 55.4 Å². The van der Waals surface area contributed by atoms with Crippen LogP contribution >= 0.6 is 0 Å². The van der Waals surface area contributed by atoms with Crippen molar-refractivity contribution in [1.29, 1.82) is 0 Å². The molecule has 3 heteroatoms. The quantitative estimate of drug-likeness (QED) is 0.941. The standard InChI is InChI=1S/C18H22N2O/c1-2-20-11-5-8-16(18(20)21)17(19)15-10-9-13-6-3-4-7-14(13)12-15/h5,8-12,17H,2-4,6-7,19H2,1H3. The highest BCUT2D eigenvalue weighted by atomic mass is 16.1. The van der Waals surface area contributed by atoms with Crippen LogP contribution in [0.1, 0.15) is 48.1 Å². The maximum absolute atomic E-state index is 12.4. The lowest BCUT2D eigenvalue weighted by Crippen LogP contribution is -2.28. The monoisotopic (exact) mass is 282 g/mol. The van der Waals surface area contributed by atoms with Gasteiger partial charge in [-0.15, -0.1) is 0 Å². The summed E-state index contributed by atoms with van der Waals surface area (Å²) >= 11 is 0. The summed E-state index contributed by atoms with van der Waals surface area (Å²) in [5.74, 6) is 0. The van der Waals surface area contributed by atoms with Crippen LogP contribution in [0.25, 0.3) is 0 Å². The first kappa shape index (κ1) is 14.1. The Kier molecular flexibility index (Phi) is 3.93. The number of aryl methyl sites for hydroxylation is 3. The van der Waals surface area contributed by atoms with Gasteiger partial charge in [0.25, 0.3) is 5.56 Å². The van der Waals surface area contributed by atoms with E-state index in [0.717, 1.165) is 12.0 Å². The van der Waals surface area contributed by atoms with Crippen LogP contribution in [-0.4, -0.2) is 4.57 Å². The summed E-state index contributed by atoms with van der Waals surface area (Å²) in [6, 6.07) is 9.87. The molecule has 1 aliphatic rings. The van der Waals surface area contributed by atoms with Crippen LogP contribution < -0.4 is 11.3 Å². The molecule has 0 bridgehead atoms. The van der Waals surface area contributed by atoms with Gasteiger partial charge in [0.2, 0.25) is 0 Å². The van der Waals surface area contributed by atoms with Gasteiger partial charge in [0.1, 0.15) is 0 Å². The molecule has 2 N–H and O–H groups in total. The molecule has 0 aliphatic heterocycles. The Morgan fingerprint density at radius 3 is 2.71 bits per heavy atom. The molecule has 0 saturated heterocycles. The van der Waals surface area contributed by atoms with E-state index in [1.54, 1.807) is 4.57 Å². The van der Waals surface area contributed by atoms with Gasteiger partial charge in [-0.1, -0.05) is 24.3 Å². The van der Waals surface area contributed by atoms with Crippen LogP contribution in [0, 0.1) is 0 Å². The van der Waals surface area contributed by atoms with Crippen LogP contribution in [0.5, 0.6) is 0 Å². The van der Waals surface area contributed by atoms with Crippen molar-refractivity contribution in [2.24, 2.45) is 5.73 Å². The number of benzene rings is 1. The van der Waals surface area contributed by atoms with E-state index >= 15 is 0 Å². The lowest BCUT2D eigenvalue weighted by atomic mass is 9.88. The van der Waals surface area contributed by atoms with Crippen molar-refractivity contribution >= 4 is 0 Å². The third-order valence-electron chi connectivity index (χ3n) is 4.46. The summed E-state index contributed by atoms with van der Waals surface area (Å²) in [6.07, 6.45) is 6.63. The number of hydrogen-bond donors (Lipinski definition) is 1. The highest BCUT2D eigenvalue weighted by Gasteiger charge is 2.16. The van der Waals surface area contributed by atoms with Gasteiger partial charge < -0.3 is 10.3 Å². The van der Waals surface area contributed by atoms with Crippen molar-refractivity contribution in [3.8, 4) is 0 Å². The molecular formula is C18H22N2O. The first-order valence-corrected chi connectivity index (χ1v) is 7.77. The summed E-state index contributed by atoms with van der Waals surface area (Å²) in [5.41, 5.74) is 10.9. The van der Waals surface area contributed by atoms with Crippen molar-refractivity contribution in [2.75, 3.05) is 0 Å². The molecule has 0 fully saturated rings. The minimum atomic E-state index is -0.344. The molecule has 1 atom stereocenters. The van der Waals surface area contributed by atoms with Crippen molar-refractivity contribution < 1.29 is 0 Å². The third kappa shape index (κ3) is 2.66. The largest absolute Gasteiger partial charge is 0.320 e. The predicted molar refractivity (Wildman–Crippen MR) is 85.5 cm³/mol.